The minimum atomic E-state index is -0.696. The first-order valence-electron chi connectivity index (χ1n) is 6.59. The van der Waals surface area contributed by atoms with Gasteiger partial charge in [-0.25, -0.2) is 9.97 Å². The number of rotatable bonds is 2. The van der Waals surface area contributed by atoms with Gasteiger partial charge in [0.05, 0.1) is 5.92 Å². The molecule has 0 radical (unpaired) electrons. The Morgan fingerprint density at radius 1 is 1.39 bits per heavy atom. The second-order valence-electron chi connectivity index (χ2n) is 5.90. The van der Waals surface area contributed by atoms with Crippen LogP contribution in [0.3, 0.4) is 0 Å². The minimum Gasteiger partial charge on any atom is -0.481 e. The van der Waals surface area contributed by atoms with E-state index in [-0.39, 0.29) is 11.3 Å². The number of fused-ring (bicyclic) bond motifs is 1. The summed E-state index contributed by atoms with van der Waals surface area (Å²) in [6.45, 7) is 4.19. The standard InChI is InChI=1S/C14H18N2O2/c1-8-10-7-9(12(17)18)3-4-11(10)16-13(15-8)14(2)5-6-14/h9H,3-7H2,1-2H3,(H,17,18). The van der Waals surface area contributed by atoms with Crippen LogP contribution in [0.25, 0.3) is 0 Å². The summed E-state index contributed by atoms with van der Waals surface area (Å²) >= 11 is 0. The van der Waals surface area contributed by atoms with Gasteiger partial charge in [0.1, 0.15) is 5.82 Å². The molecule has 4 nitrogen and oxygen atoms in total. The molecular formula is C14H18N2O2. The summed E-state index contributed by atoms with van der Waals surface area (Å²) in [5.41, 5.74) is 3.32. The van der Waals surface area contributed by atoms with Crippen LogP contribution in [0.5, 0.6) is 0 Å². The molecule has 0 amide bonds. The largest absolute Gasteiger partial charge is 0.481 e. The van der Waals surface area contributed by atoms with Crippen molar-refractivity contribution >= 4 is 5.97 Å². The van der Waals surface area contributed by atoms with E-state index < -0.39 is 5.97 Å². The van der Waals surface area contributed by atoms with E-state index in [1.807, 2.05) is 6.92 Å². The first kappa shape index (κ1) is 11.6. The second-order valence-corrected chi connectivity index (χ2v) is 5.90. The number of hydrogen-bond donors (Lipinski definition) is 1. The van der Waals surface area contributed by atoms with Crippen LogP contribution in [0, 0.1) is 12.8 Å². The maximum atomic E-state index is 11.1. The number of aliphatic carboxylic acids is 1. The van der Waals surface area contributed by atoms with Crippen LogP contribution in [0.2, 0.25) is 0 Å². The van der Waals surface area contributed by atoms with E-state index in [0.29, 0.717) is 12.8 Å². The Balaban J connectivity index is 1.97. The Labute approximate surface area is 106 Å². The monoisotopic (exact) mass is 246 g/mol. The molecule has 96 valence electrons. The molecule has 1 atom stereocenters. The summed E-state index contributed by atoms with van der Waals surface area (Å²) in [5.74, 6) is 0.00738. The highest BCUT2D eigenvalue weighted by Gasteiger charge is 2.43. The molecule has 0 aliphatic heterocycles. The summed E-state index contributed by atoms with van der Waals surface area (Å²) < 4.78 is 0. The van der Waals surface area contributed by atoms with Crippen LogP contribution in [-0.4, -0.2) is 21.0 Å². The zero-order chi connectivity index (χ0) is 12.9. The van der Waals surface area contributed by atoms with Crippen LogP contribution < -0.4 is 0 Å². The van der Waals surface area contributed by atoms with Crippen LogP contribution in [0.4, 0.5) is 0 Å². The van der Waals surface area contributed by atoms with E-state index in [9.17, 15) is 4.79 Å². The predicted molar refractivity (Wildman–Crippen MR) is 66.5 cm³/mol. The predicted octanol–water partition coefficient (Wildman–Crippen LogP) is 2.03. The molecule has 1 saturated carbocycles. The van der Waals surface area contributed by atoms with E-state index >= 15 is 0 Å². The minimum absolute atomic E-state index is 0.184. The molecule has 0 aromatic carbocycles. The van der Waals surface area contributed by atoms with Gasteiger partial charge in [-0.05, 0) is 44.6 Å². The number of carbonyl (C=O) groups is 1. The Kier molecular flexibility index (Phi) is 2.44. The van der Waals surface area contributed by atoms with Gasteiger partial charge in [-0.15, -0.1) is 0 Å². The normalized spacial score (nSPS) is 24.4. The molecule has 1 aromatic rings. The average molecular weight is 246 g/mol. The van der Waals surface area contributed by atoms with Gasteiger partial charge >= 0.3 is 5.97 Å². The summed E-state index contributed by atoms with van der Waals surface area (Å²) in [6.07, 6.45) is 4.41. The van der Waals surface area contributed by atoms with E-state index in [4.69, 9.17) is 10.1 Å². The molecule has 2 aliphatic carbocycles. The number of nitrogens with zero attached hydrogens (tertiary/aromatic N) is 2. The highest BCUT2D eigenvalue weighted by Crippen LogP contribution is 2.46. The highest BCUT2D eigenvalue weighted by molar-refractivity contribution is 5.71. The third-order valence-electron chi connectivity index (χ3n) is 4.37. The zero-order valence-electron chi connectivity index (χ0n) is 10.9. The van der Waals surface area contributed by atoms with Crippen LogP contribution in [0.1, 0.15) is 49.0 Å². The van der Waals surface area contributed by atoms with Crippen molar-refractivity contribution in [3.8, 4) is 0 Å². The summed E-state index contributed by atoms with van der Waals surface area (Å²) in [4.78, 5) is 20.4. The molecule has 4 heteroatoms. The SMILES string of the molecule is Cc1nc(C2(C)CC2)nc2c1CC(C(=O)O)CC2. The molecule has 18 heavy (non-hydrogen) atoms. The van der Waals surface area contributed by atoms with Crippen molar-refractivity contribution in [2.45, 2.75) is 51.4 Å². The lowest BCUT2D eigenvalue weighted by Gasteiger charge is -2.23. The van der Waals surface area contributed by atoms with Crippen molar-refractivity contribution in [3.05, 3.63) is 22.8 Å². The molecule has 3 rings (SSSR count). The van der Waals surface area contributed by atoms with Gasteiger partial charge in [-0.2, -0.15) is 0 Å². The summed E-state index contributed by atoms with van der Waals surface area (Å²) in [7, 11) is 0. The number of aromatic nitrogens is 2. The van der Waals surface area contributed by atoms with E-state index in [1.165, 1.54) is 12.8 Å². The molecule has 1 fully saturated rings. The van der Waals surface area contributed by atoms with Crippen molar-refractivity contribution in [1.29, 1.82) is 0 Å². The van der Waals surface area contributed by atoms with Crippen molar-refractivity contribution in [3.63, 3.8) is 0 Å². The molecule has 1 N–H and O–H groups in total. The highest BCUT2D eigenvalue weighted by atomic mass is 16.4. The Morgan fingerprint density at radius 2 is 2.11 bits per heavy atom. The van der Waals surface area contributed by atoms with Gasteiger partial charge in [0, 0.05) is 16.8 Å². The smallest absolute Gasteiger partial charge is 0.306 e. The van der Waals surface area contributed by atoms with Gasteiger partial charge in [-0.1, -0.05) is 6.92 Å². The molecule has 1 aromatic heterocycles. The lowest BCUT2D eigenvalue weighted by Crippen LogP contribution is -2.25. The number of carboxylic acid groups (broad SMARTS) is 1. The summed E-state index contributed by atoms with van der Waals surface area (Å²) in [6, 6.07) is 0. The van der Waals surface area contributed by atoms with Gasteiger partial charge in [0.2, 0.25) is 0 Å². The molecule has 1 unspecified atom stereocenters. The fraction of sp³-hybridized carbons (Fsp3) is 0.643. The number of hydrogen-bond acceptors (Lipinski definition) is 3. The second kappa shape index (κ2) is 3.77. The molecular weight excluding hydrogens is 228 g/mol. The van der Waals surface area contributed by atoms with Crippen LogP contribution >= 0.6 is 0 Å². The maximum absolute atomic E-state index is 11.1. The van der Waals surface area contributed by atoms with Gasteiger partial charge in [-0.3, -0.25) is 4.79 Å². The first-order chi connectivity index (χ1) is 8.49. The first-order valence-corrected chi connectivity index (χ1v) is 6.59. The van der Waals surface area contributed by atoms with E-state index in [0.717, 1.165) is 29.2 Å². The zero-order valence-corrected chi connectivity index (χ0v) is 10.9. The lowest BCUT2D eigenvalue weighted by atomic mass is 9.85. The Bertz CT molecular complexity index is 521. The van der Waals surface area contributed by atoms with Crippen LogP contribution in [-0.2, 0) is 23.1 Å². The molecule has 1 heterocycles. The molecule has 0 spiro atoms. The quantitative estimate of drug-likeness (QED) is 0.867. The topological polar surface area (TPSA) is 63.1 Å². The fourth-order valence-electron chi connectivity index (χ4n) is 2.68. The van der Waals surface area contributed by atoms with E-state index in [2.05, 4.69) is 11.9 Å². The van der Waals surface area contributed by atoms with E-state index in [1.54, 1.807) is 0 Å². The van der Waals surface area contributed by atoms with Crippen molar-refractivity contribution in [2.75, 3.05) is 0 Å². The van der Waals surface area contributed by atoms with Crippen molar-refractivity contribution in [1.82, 2.24) is 9.97 Å². The molecule has 0 saturated heterocycles. The molecule has 2 aliphatic rings. The Hall–Kier alpha value is -1.45. The third-order valence-corrected chi connectivity index (χ3v) is 4.37. The third kappa shape index (κ3) is 1.80. The van der Waals surface area contributed by atoms with Crippen molar-refractivity contribution in [2.24, 2.45) is 5.92 Å². The number of aryl methyl sites for hydroxylation is 2. The maximum Gasteiger partial charge on any atom is 0.306 e. The summed E-state index contributed by atoms with van der Waals surface area (Å²) in [5, 5.41) is 9.11. The van der Waals surface area contributed by atoms with Gasteiger partial charge in [0.25, 0.3) is 0 Å². The number of carboxylic acids is 1. The average Bonchev–Trinajstić information content (AvgIpc) is 3.08. The lowest BCUT2D eigenvalue weighted by molar-refractivity contribution is -0.142. The van der Waals surface area contributed by atoms with Gasteiger partial charge in [0.15, 0.2) is 0 Å². The Morgan fingerprint density at radius 3 is 2.72 bits per heavy atom. The molecule has 0 bridgehead atoms. The van der Waals surface area contributed by atoms with Crippen molar-refractivity contribution < 1.29 is 9.90 Å². The van der Waals surface area contributed by atoms with Gasteiger partial charge < -0.3 is 5.11 Å². The van der Waals surface area contributed by atoms with Crippen LogP contribution in [0.15, 0.2) is 0 Å². The fourth-order valence-corrected chi connectivity index (χ4v) is 2.68.